The van der Waals surface area contributed by atoms with Gasteiger partial charge in [0.05, 0.1) is 24.0 Å². The average Bonchev–Trinajstić information content (AvgIpc) is 2.75. The van der Waals surface area contributed by atoms with Gasteiger partial charge in [0.15, 0.2) is 5.52 Å². The summed E-state index contributed by atoms with van der Waals surface area (Å²) in [7, 11) is 0. The maximum absolute atomic E-state index is 9.80. The highest BCUT2D eigenvalue weighted by Gasteiger charge is 2.12. The van der Waals surface area contributed by atoms with E-state index < -0.39 is 0 Å². The smallest absolute Gasteiger partial charge is 0.240 e. The molecule has 0 aliphatic rings. The molecule has 3 aromatic rings. The maximum atomic E-state index is 9.80. The average molecular weight is 229 g/mol. The van der Waals surface area contributed by atoms with Crippen molar-refractivity contribution in [3.63, 3.8) is 0 Å². The van der Waals surface area contributed by atoms with Crippen LogP contribution in [0.15, 0.2) is 30.6 Å². The maximum Gasteiger partial charge on any atom is 0.240 e. The molecule has 3 rings (SSSR count). The molecule has 0 aliphatic heterocycles. The van der Waals surface area contributed by atoms with Gasteiger partial charge < -0.3 is 14.8 Å². The van der Waals surface area contributed by atoms with Gasteiger partial charge in [0.2, 0.25) is 5.88 Å². The quantitative estimate of drug-likeness (QED) is 0.694. The minimum absolute atomic E-state index is 0.0306. The zero-order valence-electron chi connectivity index (χ0n) is 9.04. The van der Waals surface area contributed by atoms with Gasteiger partial charge in [-0.25, -0.2) is 9.97 Å². The van der Waals surface area contributed by atoms with E-state index >= 15 is 0 Å². The van der Waals surface area contributed by atoms with Gasteiger partial charge in [0.25, 0.3) is 0 Å². The van der Waals surface area contributed by atoms with E-state index in [4.69, 9.17) is 5.11 Å². The fourth-order valence-electron chi connectivity index (χ4n) is 2.04. The highest BCUT2D eigenvalue weighted by molar-refractivity contribution is 6.04. The first-order valence-electron chi connectivity index (χ1n) is 5.34. The van der Waals surface area contributed by atoms with Crippen LogP contribution in [-0.4, -0.2) is 31.4 Å². The van der Waals surface area contributed by atoms with Gasteiger partial charge >= 0.3 is 0 Å². The van der Waals surface area contributed by atoms with Crippen LogP contribution in [0.5, 0.6) is 5.88 Å². The van der Waals surface area contributed by atoms with Crippen molar-refractivity contribution in [3.8, 4) is 5.88 Å². The van der Waals surface area contributed by atoms with Crippen molar-refractivity contribution in [1.29, 1.82) is 0 Å². The second-order valence-corrected chi connectivity index (χ2v) is 3.81. The third kappa shape index (κ3) is 1.43. The molecule has 2 aromatic heterocycles. The topological polar surface area (TPSA) is 71.2 Å². The molecule has 0 fully saturated rings. The molecule has 5 nitrogen and oxygen atoms in total. The number of fused-ring (bicyclic) bond motifs is 3. The number of aromatic nitrogens is 3. The number of aliphatic hydroxyl groups excluding tert-OH is 1. The van der Waals surface area contributed by atoms with E-state index in [9.17, 15) is 5.11 Å². The predicted molar refractivity (Wildman–Crippen MR) is 63.8 cm³/mol. The van der Waals surface area contributed by atoms with Crippen molar-refractivity contribution in [1.82, 2.24) is 14.5 Å². The number of hydrogen-bond donors (Lipinski definition) is 2. The minimum atomic E-state index is -0.0737. The lowest BCUT2D eigenvalue weighted by atomic mass is 10.2. The Morgan fingerprint density at radius 3 is 2.88 bits per heavy atom. The van der Waals surface area contributed by atoms with Crippen molar-refractivity contribution in [2.75, 3.05) is 6.61 Å². The van der Waals surface area contributed by atoms with Crippen molar-refractivity contribution in [3.05, 3.63) is 30.6 Å². The molecule has 0 radical (unpaired) electrons. The molecule has 0 aliphatic carbocycles. The van der Waals surface area contributed by atoms with Crippen LogP contribution in [0.25, 0.3) is 21.9 Å². The first kappa shape index (κ1) is 10.0. The number of aliphatic hydroxyl groups is 1. The monoisotopic (exact) mass is 229 g/mol. The van der Waals surface area contributed by atoms with Gasteiger partial charge in [0.1, 0.15) is 0 Å². The second-order valence-electron chi connectivity index (χ2n) is 3.81. The van der Waals surface area contributed by atoms with E-state index in [2.05, 4.69) is 9.97 Å². The Bertz CT molecular complexity index is 691. The number of para-hydroxylation sites is 1. The molecule has 0 saturated carbocycles. The van der Waals surface area contributed by atoms with Crippen LogP contribution in [0.2, 0.25) is 0 Å². The number of aromatic hydroxyl groups is 1. The van der Waals surface area contributed by atoms with Crippen LogP contribution in [-0.2, 0) is 6.54 Å². The molecular formula is C12H11N3O2. The van der Waals surface area contributed by atoms with E-state index in [0.29, 0.717) is 12.1 Å². The van der Waals surface area contributed by atoms with Crippen LogP contribution >= 0.6 is 0 Å². The standard InChI is InChI=1S/C12H11N3O2/c16-6-5-15-7-13-10-11(15)8-3-1-2-4-9(8)14-12(10)17/h1-4,7,16H,5-6H2,(H,14,17). The summed E-state index contributed by atoms with van der Waals surface area (Å²) < 4.78 is 1.82. The summed E-state index contributed by atoms with van der Waals surface area (Å²) in [5.74, 6) is -0.0737. The van der Waals surface area contributed by atoms with Gasteiger partial charge in [-0.2, -0.15) is 0 Å². The lowest BCUT2D eigenvalue weighted by Gasteiger charge is -2.05. The Morgan fingerprint density at radius 1 is 1.24 bits per heavy atom. The fraction of sp³-hybridized carbons (Fsp3) is 0.167. The van der Waals surface area contributed by atoms with Crippen LogP contribution in [0.3, 0.4) is 0 Å². The Kier molecular flexibility index (Phi) is 2.19. The van der Waals surface area contributed by atoms with Crippen LogP contribution in [0, 0.1) is 0 Å². The Morgan fingerprint density at radius 2 is 2.06 bits per heavy atom. The molecule has 2 N–H and O–H groups in total. The van der Waals surface area contributed by atoms with Crippen LogP contribution in [0.4, 0.5) is 0 Å². The van der Waals surface area contributed by atoms with E-state index in [1.807, 2.05) is 28.8 Å². The van der Waals surface area contributed by atoms with E-state index in [1.165, 1.54) is 0 Å². The number of pyridine rings is 1. The first-order valence-corrected chi connectivity index (χ1v) is 5.34. The number of nitrogens with zero attached hydrogens (tertiary/aromatic N) is 3. The molecule has 2 heterocycles. The largest absolute Gasteiger partial charge is 0.492 e. The van der Waals surface area contributed by atoms with Crippen molar-refractivity contribution < 1.29 is 10.2 Å². The zero-order valence-corrected chi connectivity index (χ0v) is 9.04. The summed E-state index contributed by atoms with van der Waals surface area (Å²) in [6.07, 6.45) is 1.61. The van der Waals surface area contributed by atoms with Gasteiger partial charge in [-0.05, 0) is 6.07 Å². The number of imidazole rings is 1. The summed E-state index contributed by atoms with van der Waals surface area (Å²) in [6.45, 7) is 0.479. The molecule has 17 heavy (non-hydrogen) atoms. The zero-order chi connectivity index (χ0) is 11.8. The van der Waals surface area contributed by atoms with E-state index in [0.717, 1.165) is 16.4 Å². The number of benzene rings is 1. The minimum Gasteiger partial charge on any atom is -0.492 e. The molecule has 1 aromatic carbocycles. The molecule has 0 atom stereocenters. The van der Waals surface area contributed by atoms with Crippen molar-refractivity contribution in [2.45, 2.75) is 6.54 Å². The number of rotatable bonds is 2. The highest BCUT2D eigenvalue weighted by Crippen LogP contribution is 2.28. The summed E-state index contributed by atoms with van der Waals surface area (Å²) >= 11 is 0. The molecule has 86 valence electrons. The lowest BCUT2D eigenvalue weighted by molar-refractivity contribution is 0.278. The van der Waals surface area contributed by atoms with Gasteiger partial charge in [-0.15, -0.1) is 0 Å². The normalized spacial score (nSPS) is 11.4. The van der Waals surface area contributed by atoms with Gasteiger partial charge in [-0.3, -0.25) is 0 Å². The molecular weight excluding hydrogens is 218 g/mol. The van der Waals surface area contributed by atoms with E-state index in [1.54, 1.807) is 6.33 Å². The predicted octanol–water partition coefficient (Wildman–Crippen LogP) is 1.28. The second kappa shape index (κ2) is 3.71. The summed E-state index contributed by atoms with van der Waals surface area (Å²) in [4.78, 5) is 8.22. The number of hydrogen-bond acceptors (Lipinski definition) is 4. The molecule has 0 unspecified atom stereocenters. The molecule has 0 amide bonds. The van der Waals surface area contributed by atoms with Crippen molar-refractivity contribution >= 4 is 21.9 Å². The Hall–Kier alpha value is -2.14. The third-order valence-electron chi connectivity index (χ3n) is 2.78. The fourth-order valence-corrected chi connectivity index (χ4v) is 2.04. The summed E-state index contributed by atoms with van der Waals surface area (Å²) in [5, 5.41) is 19.7. The third-order valence-corrected chi connectivity index (χ3v) is 2.78. The molecule has 0 saturated heterocycles. The van der Waals surface area contributed by atoms with Gasteiger partial charge in [0, 0.05) is 11.9 Å². The lowest BCUT2D eigenvalue weighted by Crippen LogP contribution is -2.00. The van der Waals surface area contributed by atoms with E-state index in [-0.39, 0.29) is 12.5 Å². The summed E-state index contributed by atoms with van der Waals surface area (Å²) in [5.41, 5.74) is 2.00. The molecule has 5 heteroatoms. The summed E-state index contributed by atoms with van der Waals surface area (Å²) in [6, 6.07) is 7.55. The Balaban J connectivity index is 2.47. The van der Waals surface area contributed by atoms with Crippen LogP contribution in [0.1, 0.15) is 0 Å². The highest BCUT2D eigenvalue weighted by atomic mass is 16.3. The molecule has 0 bridgehead atoms. The van der Waals surface area contributed by atoms with Gasteiger partial charge in [-0.1, -0.05) is 18.2 Å². The van der Waals surface area contributed by atoms with Crippen molar-refractivity contribution in [2.24, 2.45) is 0 Å². The Labute approximate surface area is 97.0 Å². The van der Waals surface area contributed by atoms with Crippen LogP contribution < -0.4 is 0 Å². The first-order chi connectivity index (χ1) is 8.31. The SMILES string of the molecule is OCCn1cnc2c(O)nc3ccccc3c21. The molecule has 0 spiro atoms.